The van der Waals surface area contributed by atoms with E-state index < -0.39 is 0 Å². The Morgan fingerprint density at radius 3 is 2.82 bits per heavy atom. The topological polar surface area (TPSA) is 12.0 Å². The monoisotopic (exact) mass is 155 g/mol. The summed E-state index contributed by atoms with van der Waals surface area (Å²) in [7, 11) is 0. The summed E-state index contributed by atoms with van der Waals surface area (Å²) in [6.07, 6.45) is 2.70. The Balaban J connectivity index is 2.40. The molecule has 1 rings (SSSR count). The summed E-state index contributed by atoms with van der Waals surface area (Å²) in [5.74, 6) is 2.76. The van der Waals surface area contributed by atoms with Crippen LogP contribution in [0.3, 0.4) is 0 Å². The Morgan fingerprint density at radius 2 is 2.27 bits per heavy atom. The molecule has 0 saturated carbocycles. The van der Waals surface area contributed by atoms with Gasteiger partial charge < -0.3 is 5.32 Å². The molecular formula is C10H21N. The van der Waals surface area contributed by atoms with Crippen LogP contribution in [0.15, 0.2) is 0 Å². The normalized spacial score (nSPS) is 35.2. The van der Waals surface area contributed by atoms with Gasteiger partial charge in [-0.15, -0.1) is 0 Å². The fourth-order valence-corrected chi connectivity index (χ4v) is 2.08. The van der Waals surface area contributed by atoms with Crippen molar-refractivity contribution in [3.05, 3.63) is 0 Å². The molecule has 3 atom stereocenters. The third kappa shape index (κ3) is 2.19. The number of hydrogen-bond acceptors (Lipinski definition) is 1. The maximum atomic E-state index is 3.48. The van der Waals surface area contributed by atoms with Crippen LogP contribution in [-0.4, -0.2) is 13.1 Å². The van der Waals surface area contributed by atoms with E-state index >= 15 is 0 Å². The molecule has 11 heavy (non-hydrogen) atoms. The van der Waals surface area contributed by atoms with Crippen LogP contribution in [-0.2, 0) is 0 Å². The average Bonchev–Trinajstić information content (AvgIpc) is 2.04. The molecule has 0 spiro atoms. The van der Waals surface area contributed by atoms with Crippen LogP contribution >= 0.6 is 0 Å². The van der Waals surface area contributed by atoms with Crippen LogP contribution in [0, 0.1) is 17.8 Å². The van der Waals surface area contributed by atoms with Crippen LogP contribution in [0.5, 0.6) is 0 Å². The number of hydrogen-bond donors (Lipinski definition) is 1. The minimum absolute atomic E-state index is 0.901. The van der Waals surface area contributed by atoms with Gasteiger partial charge in [0.2, 0.25) is 0 Å². The summed E-state index contributed by atoms with van der Waals surface area (Å²) >= 11 is 0. The zero-order valence-corrected chi connectivity index (χ0v) is 8.06. The summed E-state index contributed by atoms with van der Waals surface area (Å²) in [5, 5.41) is 3.48. The molecule has 0 aromatic rings. The molecule has 0 amide bonds. The molecule has 1 heteroatoms. The van der Waals surface area contributed by atoms with Gasteiger partial charge in [-0.2, -0.15) is 0 Å². The molecule has 1 saturated heterocycles. The molecular weight excluding hydrogens is 134 g/mol. The highest BCUT2D eigenvalue weighted by Crippen LogP contribution is 2.27. The first-order valence-electron chi connectivity index (χ1n) is 4.96. The van der Waals surface area contributed by atoms with E-state index in [1.54, 1.807) is 0 Å². The van der Waals surface area contributed by atoms with Gasteiger partial charge in [-0.3, -0.25) is 0 Å². The third-order valence-electron chi connectivity index (χ3n) is 3.26. The van der Waals surface area contributed by atoms with Crippen LogP contribution < -0.4 is 5.32 Å². The van der Waals surface area contributed by atoms with Gasteiger partial charge in [0.25, 0.3) is 0 Å². The molecule has 66 valence electrons. The van der Waals surface area contributed by atoms with Crippen molar-refractivity contribution in [1.29, 1.82) is 0 Å². The lowest BCUT2D eigenvalue weighted by Gasteiger charge is -2.33. The van der Waals surface area contributed by atoms with E-state index in [0.717, 1.165) is 17.8 Å². The van der Waals surface area contributed by atoms with Gasteiger partial charge in [0.05, 0.1) is 0 Å². The predicted octanol–water partition coefficient (Wildman–Crippen LogP) is 2.28. The Morgan fingerprint density at radius 1 is 1.55 bits per heavy atom. The van der Waals surface area contributed by atoms with Gasteiger partial charge in [-0.1, -0.05) is 27.2 Å². The molecule has 1 fully saturated rings. The van der Waals surface area contributed by atoms with Crippen molar-refractivity contribution >= 4 is 0 Å². The Bertz CT molecular complexity index is 107. The second kappa shape index (κ2) is 4.10. The van der Waals surface area contributed by atoms with Crippen molar-refractivity contribution in [3.8, 4) is 0 Å². The molecule has 1 nitrogen and oxygen atoms in total. The van der Waals surface area contributed by atoms with Gasteiger partial charge in [0.15, 0.2) is 0 Å². The van der Waals surface area contributed by atoms with Crippen LogP contribution in [0.25, 0.3) is 0 Å². The highest BCUT2D eigenvalue weighted by Gasteiger charge is 2.24. The largest absolute Gasteiger partial charge is 0.316 e. The fraction of sp³-hybridized carbons (Fsp3) is 1.00. The van der Waals surface area contributed by atoms with Gasteiger partial charge in [0.1, 0.15) is 0 Å². The summed E-state index contributed by atoms with van der Waals surface area (Å²) in [4.78, 5) is 0. The lowest BCUT2D eigenvalue weighted by atomic mass is 9.78. The van der Waals surface area contributed by atoms with E-state index in [1.165, 1.54) is 25.9 Å². The minimum atomic E-state index is 0.901. The predicted molar refractivity (Wildman–Crippen MR) is 49.6 cm³/mol. The first kappa shape index (κ1) is 9.05. The molecule has 3 unspecified atom stereocenters. The maximum absolute atomic E-state index is 3.48. The van der Waals surface area contributed by atoms with Crippen LogP contribution in [0.2, 0.25) is 0 Å². The Hall–Kier alpha value is -0.0400. The fourth-order valence-electron chi connectivity index (χ4n) is 2.08. The average molecular weight is 155 g/mol. The summed E-state index contributed by atoms with van der Waals surface area (Å²) < 4.78 is 0. The van der Waals surface area contributed by atoms with Gasteiger partial charge >= 0.3 is 0 Å². The van der Waals surface area contributed by atoms with Crippen molar-refractivity contribution in [2.45, 2.75) is 33.6 Å². The van der Waals surface area contributed by atoms with Crippen LogP contribution in [0.1, 0.15) is 33.6 Å². The molecule has 0 bridgehead atoms. The van der Waals surface area contributed by atoms with Crippen LogP contribution in [0.4, 0.5) is 0 Å². The summed E-state index contributed by atoms with van der Waals surface area (Å²) in [5.41, 5.74) is 0. The van der Waals surface area contributed by atoms with E-state index in [0.29, 0.717) is 0 Å². The molecule has 0 radical (unpaired) electrons. The second-order valence-electron chi connectivity index (χ2n) is 4.02. The molecule has 0 aromatic heterocycles. The zero-order chi connectivity index (χ0) is 8.27. The van der Waals surface area contributed by atoms with Gasteiger partial charge in [0, 0.05) is 0 Å². The highest BCUT2D eigenvalue weighted by molar-refractivity contribution is 4.78. The smallest absolute Gasteiger partial charge is 0.00154 e. The first-order valence-corrected chi connectivity index (χ1v) is 4.96. The quantitative estimate of drug-likeness (QED) is 0.645. The lowest BCUT2D eigenvalue weighted by molar-refractivity contribution is 0.197. The van der Waals surface area contributed by atoms with Crippen molar-refractivity contribution < 1.29 is 0 Å². The number of piperidine rings is 1. The number of nitrogens with one attached hydrogen (secondary N) is 1. The van der Waals surface area contributed by atoms with Gasteiger partial charge in [-0.25, -0.2) is 0 Å². The highest BCUT2D eigenvalue weighted by atomic mass is 14.9. The molecule has 0 aliphatic carbocycles. The SMILES string of the molecule is CCC(C)C1CNCCC1C. The first-order chi connectivity index (χ1) is 5.25. The summed E-state index contributed by atoms with van der Waals surface area (Å²) in [6.45, 7) is 9.56. The second-order valence-corrected chi connectivity index (χ2v) is 4.02. The molecule has 1 aliphatic heterocycles. The standard InChI is InChI=1S/C10H21N/c1-4-8(2)10-7-11-6-5-9(10)3/h8-11H,4-7H2,1-3H3. The van der Waals surface area contributed by atoms with Crippen molar-refractivity contribution in [2.75, 3.05) is 13.1 Å². The van der Waals surface area contributed by atoms with E-state index in [4.69, 9.17) is 0 Å². The molecule has 1 aliphatic rings. The Kier molecular flexibility index (Phi) is 3.38. The van der Waals surface area contributed by atoms with Gasteiger partial charge in [-0.05, 0) is 37.3 Å². The van der Waals surface area contributed by atoms with E-state index in [9.17, 15) is 0 Å². The van der Waals surface area contributed by atoms with E-state index in [1.807, 2.05) is 0 Å². The molecule has 1 N–H and O–H groups in total. The lowest BCUT2D eigenvalue weighted by Crippen LogP contribution is -2.38. The van der Waals surface area contributed by atoms with Crippen molar-refractivity contribution in [2.24, 2.45) is 17.8 Å². The minimum Gasteiger partial charge on any atom is -0.316 e. The third-order valence-corrected chi connectivity index (χ3v) is 3.26. The summed E-state index contributed by atoms with van der Waals surface area (Å²) in [6, 6.07) is 0. The molecule has 0 aromatic carbocycles. The Labute approximate surface area is 70.6 Å². The number of rotatable bonds is 2. The zero-order valence-electron chi connectivity index (χ0n) is 8.06. The molecule has 1 heterocycles. The maximum Gasteiger partial charge on any atom is -0.00154 e. The van der Waals surface area contributed by atoms with E-state index in [-0.39, 0.29) is 0 Å². The van der Waals surface area contributed by atoms with E-state index in [2.05, 4.69) is 26.1 Å². The van der Waals surface area contributed by atoms with Crippen molar-refractivity contribution in [1.82, 2.24) is 5.32 Å². The van der Waals surface area contributed by atoms with Crippen molar-refractivity contribution in [3.63, 3.8) is 0 Å².